The topological polar surface area (TPSA) is 37.8 Å². The fourth-order valence-corrected chi connectivity index (χ4v) is 3.68. The number of nitrogens with zero attached hydrogens (tertiary/aromatic N) is 2. The van der Waals surface area contributed by atoms with Crippen LogP contribution in [0.3, 0.4) is 0 Å². The first-order valence-electron chi connectivity index (χ1n) is 7.44. The normalized spacial score (nSPS) is 27.3. The summed E-state index contributed by atoms with van der Waals surface area (Å²) in [6, 6.07) is 0. The van der Waals surface area contributed by atoms with Gasteiger partial charge in [-0.15, -0.1) is 0 Å². The second-order valence-electron chi connectivity index (χ2n) is 6.11. The second kappa shape index (κ2) is 5.39. The summed E-state index contributed by atoms with van der Waals surface area (Å²) in [5.41, 5.74) is 1.23. The average Bonchev–Trinajstić information content (AvgIpc) is 3.24. The Bertz CT molecular complexity index is 463. The number of halogens is 1. The van der Waals surface area contributed by atoms with E-state index in [1.165, 1.54) is 44.2 Å². The molecular weight excluding hydrogens is 302 g/mol. The van der Waals surface area contributed by atoms with Crippen LogP contribution < -0.4 is 5.32 Å². The molecule has 0 radical (unpaired) electrons. The van der Waals surface area contributed by atoms with Crippen molar-refractivity contribution >= 4 is 21.7 Å². The third-order valence-electron chi connectivity index (χ3n) is 4.48. The van der Waals surface area contributed by atoms with Gasteiger partial charge in [0.05, 0.1) is 10.2 Å². The molecule has 3 nitrogen and oxygen atoms in total. The van der Waals surface area contributed by atoms with Crippen molar-refractivity contribution in [2.75, 3.05) is 12.4 Å². The zero-order valence-electron chi connectivity index (χ0n) is 11.7. The summed E-state index contributed by atoms with van der Waals surface area (Å²) in [6.45, 7) is 2.35. The van der Waals surface area contributed by atoms with E-state index >= 15 is 0 Å². The SMILES string of the molecule is CNc1nc(C2CCC(C)CC2)nc(C2CC2)c1Br. The molecule has 2 saturated carbocycles. The number of hydrogen-bond acceptors (Lipinski definition) is 3. The Kier molecular flexibility index (Phi) is 3.79. The van der Waals surface area contributed by atoms with Crippen molar-refractivity contribution in [3.8, 4) is 0 Å². The first-order valence-corrected chi connectivity index (χ1v) is 8.23. The minimum absolute atomic E-state index is 0.564. The van der Waals surface area contributed by atoms with Crippen LogP contribution in [0.1, 0.15) is 68.8 Å². The summed E-state index contributed by atoms with van der Waals surface area (Å²) in [4.78, 5) is 9.63. The van der Waals surface area contributed by atoms with E-state index in [0.29, 0.717) is 11.8 Å². The van der Waals surface area contributed by atoms with Gasteiger partial charge in [-0.3, -0.25) is 0 Å². The molecule has 0 atom stereocenters. The highest BCUT2D eigenvalue weighted by Crippen LogP contribution is 2.45. The molecule has 1 aromatic rings. The highest BCUT2D eigenvalue weighted by molar-refractivity contribution is 9.10. The molecule has 2 aliphatic rings. The quantitative estimate of drug-likeness (QED) is 0.892. The van der Waals surface area contributed by atoms with E-state index in [-0.39, 0.29) is 0 Å². The highest BCUT2D eigenvalue weighted by atomic mass is 79.9. The third kappa shape index (κ3) is 2.78. The third-order valence-corrected chi connectivity index (χ3v) is 5.26. The van der Waals surface area contributed by atoms with Crippen LogP contribution in [-0.4, -0.2) is 17.0 Å². The van der Waals surface area contributed by atoms with Crippen molar-refractivity contribution in [2.24, 2.45) is 5.92 Å². The van der Waals surface area contributed by atoms with Gasteiger partial charge in [0, 0.05) is 18.9 Å². The van der Waals surface area contributed by atoms with Crippen molar-refractivity contribution < 1.29 is 0 Å². The van der Waals surface area contributed by atoms with Crippen molar-refractivity contribution in [2.45, 2.75) is 57.3 Å². The summed E-state index contributed by atoms with van der Waals surface area (Å²) in [7, 11) is 1.94. The molecule has 4 heteroatoms. The number of aromatic nitrogens is 2. The maximum atomic E-state index is 4.89. The summed E-state index contributed by atoms with van der Waals surface area (Å²) < 4.78 is 1.07. The van der Waals surface area contributed by atoms with Crippen LogP contribution in [0.4, 0.5) is 5.82 Å². The van der Waals surface area contributed by atoms with Gasteiger partial charge in [-0.05, 0) is 47.5 Å². The number of nitrogens with one attached hydrogen (secondary N) is 1. The van der Waals surface area contributed by atoms with Gasteiger partial charge in [0.25, 0.3) is 0 Å². The zero-order valence-corrected chi connectivity index (χ0v) is 13.3. The molecule has 0 amide bonds. The summed E-state index contributed by atoms with van der Waals surface area (Å²) in [6.07, 6.45) is 7.68. The number of anilines is 1. The van der Waals surface area contributed by atoms with Crippen LogP contribution >= 0.6 is 15.9 Å². The Labute approximate surface area is 123 Å². The van der Waals surface area contributed by atoms with E-state index in [1.807, 2.05) is 7.05 Å². The van der Waals surface area contributed by atoms with Gasteiger partial charge in [0.2, 0.25) is 0 Å². The fourth-order valence-electron chi connectivity index (χ4n) is 2.98. The van der Waals surface area contributed by atoms with Gasteiger partial charge in [-0.1, -0.05) is 19.8 Å². The lowest BCUT2D eigenvalue weighted by molar-refractivity contribution is 0.339. The lowest BCUT2D eigenvalue weighted by Crippen LogP contribution is -2.15. The molecule has 2 aliphatic carbocycles. The first-order chi connectivity index (χ1) is 9.19. The van der Waals surface area contributed by atoms with Gasteiger partial charge in [-0.25, -0.2) is 9.97 Å². The molecule has 0 bridgehead atoms. The van der Waals surface area contributed by atoms with Crippen molar-refractivity contribution in [3.63, 3.8) is 0 Å². The van der Waals surface area contributed by atoms with E-state index in [2.05, 4.69) is 28.2 Å². The lowest BCUT2D eigenvalue weighted by atomic mass is 9.82. The lowest BCUT2D eigenvalue weighted by Gasteiger charge is -2.25. The smallest absolute Gasteiger partial charge is 0.144 e. The van der Waals surface area contributed by atoms with E-state index in [9.17, 15) is 0 Å². The molecule has 0 aliphatic heterocycles. The van der Waals surface area contributed by atoms with Crippen molar-refractivity contribution in [1.29, 1.82) is 0 Å². The van der Waals surface area contributed by atoms with Gasteiger partial charge >= 0.3 is 0 Å². The molecule has 1 N–H and O–H groups in total. The molecule has 0 spiro atoms. The van der Waals surface area contributed by atoms with E-state index in [1.54, 1.807) is 0 Å². The molecule has 1 aromatic heterocycles. The Morgan fingerprint density at radius 2 is 1.63 bits per heavy atom. The van der Waals surface area contributed by atoms with E-state index < -0.39 is 0 Å². The molecule has 0 unspecified atom stereocenters. The number of rotatable bonds is 3. The average molecular weight is 324 g/mol. The van der Waals surface area contributed by atoms with Crippen LogP contribution in [0.5, 0.6) is 0 Å². The number of hydrogen-bond donors (Lipinski definition) is 1. The molecule has 2 fully saturated rings. The minimum atomic E-state index is 0.564. The standard InChI is InChI=1S/C15H22BrN3/c1-9-3-5-11(6-4-9)14-18-13(10-7-8-10)12(16)15(17-2)19-14/h9-11H,3-8H2,1-2H3,(H,17,18,19). The minimum Gasteiger partial charge on any atom is -0.372 e. The van der Waals surface area contributed by atoms with Crippen molar-refractivity contribution in [1.82, 2.24) is 9.97 Å². The fraction of sp³-hybridized carbons (Fsp3) is 0.733. The predicted octanol–water partition coefficient (Wildman–Crippen LogP) is 4.45. The van der Waals surface area contributed by atoms with E-state index in [0.717, 1.165) is 22.0 Å². The summed E-state index contributed by atoms with van der Waals surface area (Å²) >= 11 is 3.66. The Hall–Kier alpha value is -0.640. The monoisotopic (exact) mass is 323 g/mol. The molecular formula is C15H22BrN3. The van der Waals surface area contributed by atoms with Gasteiger partial charge in [-0.2, -0.15) is 0 Å². The molecule has 0 saturated heterocycles. The van der Waals surface area contributed by atoms with Gasteiger partial charge < -0.3 is 5.32 Å². The Morgan fingerprint density at radius 1 is 1.00 bits per heavy atom. The molecule has 3 rings (SSSR count). The molecule has 19 heavy (non-hydrogen) atoms. The second-order valence-corrected chi connectivity index (χ2v) is 6.90. The Morgan fingerprint density at radius 3 is 2.21 bits per heavy atom. The van der Waals surface area contributed by atoms with Crippen LogP contribution in [0, 0.1) is 5.92 Å². The van der Waals surface area contributed by atoms with Crippen LogP contribution in [0.25, 0.3) is 0 Å². The van der Waals surface area contributed by atoms with Crippen LogP contribution in [0.15, 0.2) is 4.47 Å². The van der Waals surface area contributed by atoms with Gasteiger partial charge in [0.1, 0.15) is 11.6 Å². The summed E-state index contributed by atoms with van der Waals surface area (Å²) in [5, 5.41) is 3.21. The Balaban J connectivity index is 1.90. The molecule has 104 valence electrons. The maximum absolute atomic E-state index is 4.89. The molecule has 1 heterocycles. The zero-order chi connectivity index (χ0) is 13.4. The van der Waals surface area contributed by atoms with Gasteiger partial charge in [0.15, 0.2) is 0 Å². The van der Waals surface area contributed by atoms with Crippen LogP contribution in [-0.2, 0) is 0 Å². The molecule has 0 aromatic carbocycles. The largest absolute Gasteiger partial charge is 0.372 e. The van der Waals surface area contributed by atoms with E-state index in [4.69, 9.17) is 9.97 Å². The van der Waals surface area contributed by atoms with Crippen LogP contribution in [0.2, 0.25) is 0 Å². The van der Waals surface area contributed by atoms with Crippen molar-refractivity contribution in [3.05, 3.63) is 16.0 Å². The maximum Gasteiger partial charge on any atom is 0.144 e. The first kappa shape index (κ1) is 13.3. The highest BCUT2D eigenvalue weighted by Gasteiger charge is 2.31. The summed E-state index contributed by atoms with van der Waals surface area (Å²) in [5.74, 6) is 4.13. The predicted molar refractivity (Wildman–Crippen MR) is 81.6 cm³/mol.